The van der Waals surface area contributed by atoms with Crippen LogP contribution in [0.25, 0.3) is 0 Å². The molecule has 0 aromatic rings. The Kier molecular flexibility index (Phi) is 6.37. The molecule has 0 amide bonds. The van der Waals surface area contributed by atoms with Gasteiger partial charge in [-0.25, -0.2) is 13.1 Å². The first-order valence-electron chi connectivity index (χ1n) is 6.25. The third-order valence-electron chi connectivity index (χ3n) is 2.91. The zero-order valence-electron chi connectivity index (χ0n) is 11.2. The molecular formula is C11H19NO7S. The van der Waals surface area contributed by atoms with Crippen molar-refractivity contribution in [3.63, 3.8) is 0 Å². The number of carboxylic acids is 1. The lowest BCUT2D eigenvalue weighted by Gasteiger charge is -2.16. The smallest absolute Gasteiger partial charge is 0.321 e. The second kappa shape index (κ2) is 7.55. The van der Waals surface area contributed by atoms with Crippen molar-refractivity contribution in [3.05, 3.63) is 0 Å². The number of rotatable bonds is 8. The zero-order valence-corrected chi connectivity index (χ0v) is 12.0. The highest BCUT2D eigenvalue weighted by molar-refractivity contribution is 7.89. The Morgan fingerprint density at radius 1 is 1.50 bits per heavy atom. The normalized spacial score (nSPS) is 20.6. The van der Waals surface area contributed by atoms with E-state index in [9.17, 15) is 18.0 Å². The van der Waals surface area contributed by atoms with Crippen LogP contribution < -0.4 is 4.72 Å². The number of carbonyl (C=O) groups is 2. The van der Waals surface area contributed by atoms with Crippen molar-refractivity contribution < 1.29 is 32.6 Å². The minimum absolute atomic E-state index is 0.160. The summed E-state index contributed by atoms with van der Waals surface area (Å²) in [6.45, 7) is 0.519. The number of esters is 1. The van der Waals surface area contributed by atoms with Crippen molar-refractivity contribution in [2.75, 3.05) is 19.5 Å². The number of carbonyl (C=O) groups excluding carboxylic acids is 1. The summed E-state index contributed by atoms with van der Waals surface area (Å²) in [6.07, 6.45) is 0.705. The van der Waals surface area contributed by atoms with E-state index in [2.05, 4.69) is 9.46 Å². The number of aliphatic carboxylic acids is 1. The molecule has 0 bridgehead atoms. The average Bonchev–Trinajstić information content (AvgIpc) is 2.85. The Morgan fingerprint density at radius 2 is 2.20 bits per heavy atom. The number of hydrogen-bond donors (Lipinski definition) is 2. The van der Waals surface area contributed by atoms with Gasteiger partial charge >= 0.3 is 11.9 Å². The van der Waals surface area contributed by atoms with E-state index in [0.717, 1.165) is 6.42 Å². The maximum atomic E-state index is 11.8. The summed E-state index contributed by atoms with van der Waals surface area (Å²) in [5.41, 5.74) is 0. The van der Waals surface area contributed by atoms with Gasteiger partial charge < -0.3 is 14.6 Å². The fourth-order valence-electron chi connectivity index (χ4n) is 1.88. The summed E-state index contributed by atoms with van der Waals surface area (Å²) in [5, 5.41) is 8.97. The molecular weight excluding hydrogens is 290 g/mol. The molecule has 0 radical (unpaired) electrons. The predicted molar refractivity (Wildman–Crippen MR) is 68.6 cm³/mol. The van der Waals surface area contributed by atoms with Crippen LogP contribution in [0.5, 0.6) is 0 Å². The number of ether oxygens (including phenoxy) is 2. The highest BCUT2D eigenvalue weighted by Crippen LogP contribution is 2.14. The Balaban J connectivity index is 2.54. The second-order valence-electron chi connectivity index (χ2n) is 4.54. The van der Waals surface area contributed by atoms with Gasteiger partial charge in [-0.3, -0.25) is 9.59 Å². The third kappa shape index (κ3) is 5.85. The first-order chi connectivity index (χ1) is 9.34. The lowest BCUT2D eigenvalue weighted by Crippen LogP contribution is -2.43. The first kappa shape index (κ1) is 16.9. The summed E-state index contributed by atoms with van der Waals surface area (Å²) < 4.78 is 35.4. The van der Waals surface area contributed by atoms with E-state index in [1.807, 2.05) is 0 Å². The topological polar surface area (TPSA) is 119 Å². The summed E-state index contributed by atoms with van der Waals surface area (Å²) in [4.78, 5) is 22.0. The van der Waals surface area contributed by atoms with Crippen molar-refractivity contribution >= 4 is 22.0 Å². The SMILES string of the molecule is COC(=O)CC[C@H](NS(=O)(=O)CC1CCCO1)C(=O)O. The van der Waals surface area contributed by atoms with Crippen molar-refractivity contribution in [2.24, 2.45) is 0 Å². The van der Waals surface area contributed by atoms with Crippen LogP contribution in [0.4, 0.5) is 0 Å². The number of hydrogen-bond acceptors (Lipinski definition) is 6. The van der Waals surface area contributed by atoms with E-state index >= 15 is 0 Å². The molecule has 2 N–H and O–H groups in total. The average molecular weight is 309 g/mol. The van der Waals surface area contributed by atoms with Crippen molar-refractivity contribution in [3.8, 4) is 0 Å². The highest BCUT2D eigenvalue weighted by atomic mass is 32.2. The van der Waals surface area contributed by atoms with Crippen molar-refractivity contribution in [1.29, 1.82) is 0 Å². The number of methoxy groups -OCH3 is 1. The maximum absolute atomic E-state index is 11.8. The maximum Gasteiger partial charge on any atom is 0.321 e. The van der Waals surface area contributed by atoms with Crippen molar-refractivity contribution in [1.82, 2.24) is 4.72 Å². The Bertz CT molecular complexity index is 442. The molecule has 0 saturated carbocycles. The standard InChI is InChI=1S/C11H19NO7S/c1-18-10(13)5-4-9(11(14)15)12-20(16,17)7-8-3-2-6-19-8/h8-9,12H,2-7H2,1H3,(H,14,15)/t8?,9-/m0/s1. The molecule has 1 heterocycles. The third-order valence-corrected chi connectivity index (χ3v) is 4.37. The Hall–Kier alpha value is -1.19. The largest absolute Gasteiger partial charge is 0.480 e. The molecule has 9 heteroatoms. The van der Waals surface area contributed by atoms with Gasteiger partial charge in [-0.2, -0.15) is 0 Å². The number of sulfonamides is 1. The van der Waals surface area contributed by atoms with Gasteiger partial charge in [0.25, 0.3) is 0 Å². The predicted octanol–water partition coefficient (Wildman–Crippen LogP) is -0.509. The molecule has 1 rings (SSSR count). The van der Waals surface area contributed by atoms with Crippen LogP contribution in [0, 0.1) is 0 Å². The molecule has 0 spiro atoms. The summed E-state index contributed by atoms with van der Waals surface area (Å²) in [5.74, 6) is -2.19. The van der Waals surface area contributed by atoms with E-state index in [-0.39, 0.29) is 18.6 Å². The van der Waals surface area contributed by atoms with Crippen LogP contribution in [0.15, 0.2) is 0 Å². The van der Waals surface area contributed by atoms with E-state index in [4.69, 9.17) is 9.84 Å². The van der Waals surface area contributed by atoms with Gasteiger partial charge in [-0.05, 0) is 19.3 Å². The minimum atomic E-state index is -3.77. The molecule has 1 aliphatic rings. The second-order valence-corrected chi connectivity index (χ2v) is 6.34. The quantitative estimate of drug-likeness (QED) is 0.580. The van der Waals surface area contributed by atoms with E-state index in [1.54, 1.807) is 0 Å². The molecule has 0 aromatic carbocycles. The fraction of sp³-hybridized carbons (Fsp3) is 0.818. The van der Waals surface area contributed by atoms with Crippen LogP contribution >= 0.6 is 0 Å². The Morgan fingerprint density at radius 3 is 2.70 bits per heavy atom. The van der Waals surface area contributed by atoms with Gasteiger partial charge in [0.1, 0.15) is 6.04 Å². The van der Waals surface area contributed by atoms with E-state index in [0.29, 0.717) is 13.0 Å². The lowest BCUT2D eigenvalue weighted by molar-refractivity contribution is -0.142. The molecule has 1 fully saturated rings. The molecule has 1 saturated heterocycles. The molecule has 0 aliphatic carbocycles. The minimum Gasteiger partial charge on any atom is -0.480 e. The van der Waals surface area contributed by atoms with Crippen LogP contribution in [0.3, 0.4) is 0 Å². The Labute approximate surface area is 117 Å². The molecule has 0 aromatic heterocycles. The molecule has 8 nitrogen and oxygen atoms in total. The van der Waals surface area contributed by atoms with Crippen LogP contribution in [0.1, 0.15) is 25.7 Å². The van der Waals surface area contributed by atoms with Gasteiger partial charge in [0, 0.05) is 13.0 Å². The number of nitrogens with one attached hydrogen (secondary N) is 1. The summed E-state index contributed by atoms with van der Waals surface area (Å²) in [7, 11) is -2.59. The van der Waals surface area contributed by atoms with Gasteiger partial charge in [0.05, 0.1) is 19.0 Å². The van der Waals surface area contributed by atoms with Gasteiger partial charge in [0.15, 0.2) is 0 Å². The highest BCUT2D eigenvalue weighted by Gasteiger charge is 2.28. The molecule has 1 unspecified atom stereocenters. The van der Waals surface area contributed by atoms with E-state index in [1.165, 1.54) is 7.11 Å². The van der Waals surface area contributed by atoms with Gasteiger partial charge in [0.2, 0.25) is 10.0 Å². The van der Waals surface area contributed by atoms with Crippen LogP contribution in [-0.4, -0.2) is 57.1 Å². The van der Waals surface area contributed by atoms with Crippen LogP contribution in [0.2, 0.25) is 0 Å². The first-order valence-corrected chi connectivity index (χ1v) is 7.90. The summed E-state index contributed by atoms with van der Waals surface area (Å²) in [6, 6.07) is -1.35. The fourth-order valence-corrected chi connectivity index (χ4v) is 3.38. The van der Waals surface area contributed by atoms with E-state index < -0.39 is 34.1 Å². The molecule has 2 atom stereocenters. The monoisotopic (exact) mass is 309 g/mol. The molecule has 1 aliphatic heterocycles. The lowest BCUT2D eigenvalue weighted by atomic mass is 10.2. The van der Waals surface area contributed by atoms with Gasteiger partial charge in [-0.15, -0.1) is 0 Å². The van der Waals surface area contributed by atoms with Crippen LogP contribution in [-0.2, 0) is 29.1 Å². The van der Waals surface area contributed by atoms with Crippen molar-refractivity contribution in [2.45, 2.75) is 37.8 Å². The summed E-state index contributed by atoms with van der Waals surface area (Å²) >= 11 is 0. The number of carboxylic acid groups (broad SMARTS) is 1. The van der Waals surface area contributed by atoms with Gasteiger partial charge in [-0.1, -0.05) is 0 Å². The molecule has 116 valence electrons. The zero-order chi connectivity index (χ0) is 15.2. The molecule has 20 heavy (non-hydrogen) atoms.